The van der Waals surface area contributed by atoms with Gasteiger partial charge in [0.15, 0.2) is 11.5 Å². The van der Waals surface area contributed by atoms with Gasteiger partial charge in [-0.3, -0.25) is 9.59 Å². The predicted octanol–water partition coefficient (Wildman–Crippen LogP) is 2.80. The van der Waals surface area contributed by atoms with Gasteiger partial charge in [-0.15, -0.1) is 0 Å². The Labute approximate surface area is 175 Å². The molecule has 0 saturated carbocycles. The lowest BCUT2D eigenvalue weighted by Gasteiger charge is -2.31. The van der Waals surface area contributed by atoms with Gasteiger partial charge in [-0.25, -0.2) is 4.98 Å². The molecule has 30 heavy (non-hydrogen) atoms. The van der Waals surface area contributed by atoms with Crippen molar-refractivity contribution < 1.29 is 19.1 Å². The second-order valence-corrected chi connectivity index (χ2v) is 7.69. The molecule has 0 atom stereocenters. The Hall–Kier alpha value is -3.13. The monoisotopic (exact) mass is 410 g/mol. The van der Waals surface area contributed by atoms with Crippen LogP contribution in [-0.2, 0) is 9.59 Å². The van der Waals surface area contributed by atoms with Crippen LogP contribution >= 0.6 is 0 Å². The molecular weight excluding hydrogens is 384 g/mol. The summed E-state index contributed by atoms with van der Waals surface area (Å²) >= 11 is 0. The van der Waals surface area contributed by atoms with Gasteiger partial charge in [0.2, 0.25) is 18.6 Å². The van der Waals surface area contributed by atoms with Crippen molar-refractivity contribution in [3.8, 4) is 11.5 Å². The van der Waals surface area contributed by atoms with Gasteiger partial charge in [0.25, 0.3) is 0 Å². The molecule has 158 valence electrons. The Morgan fingerprint density at radius 3 is 2.70 bits per heavy atom. The van der Waals surface area contributed by atoms with Gasteiger partial charge < -0.3 is 25.0 Å². The first-order chi connectivity index (χ1) is 14.6. The van der Waals surface area contributed by atoms with Crippen LogP contribution in [0.4, 0.5) is 11.5 Å². The molecule has 1 saturated heterocycles. The number of aryl methyl sites for hydroxylation is 1. The van der Waals surface area contributed by atoms with Crippen LogP contribution in [0.1, 0.15) is 24.8 Å². The van der Waals surface area contributed by atoms with E-state index in [1.54, 1.807) is 24.4 Å². The number of likely N-dealkylation sites (tertiary alicyclic amines) is 1. The molecule has 3 heterocycles. The number of piperidine rings is 1. The molecule has 1 aromatic carbocycles. The number of ether oxygens (including phenoxy) is 2. The zero-order valence-electron chi connectivity index (χ0n) is 17.0. The highest BCUT2D eigenvalue weighted by Gasteiger charge is 2.25. The lowest BCUT2D eigenvalue weighted by molar-refractivity contribution is -0.121. The van der Waals surface area contributed by atoms with Gasteiger partial charge in [-0.1, -0.05) is 0 Å². The molecular formula is C22H26N4O4. The van der Waals surface area contributed by atoms with E-state index in [2.05, 4.69) is 20.5 Å². The van der Waals surface area contributed by atoms with Crippen molar-refractivity contribution in [2.75, 3.05) is 37.1 Å². The first-order valence-electron chi connectivity index (χ1n) is 10.2. The fraction of sp³-hybridized carbons (Fsp3) is 0.409. The van der Waals surface area contributed by atoms with Crippen molar-refractivity contribution in [1.29, 1.82) is 0 Å². The summed E-state index contributed by atoms with van der Waals surface area (Å²) in [6.45, 7) is 4.46. The molecule has 1 fully saturated rings. The van der Waals surface area contributed by atoms with Gasteiger partial charge in [0, 0.05) is 36.8 Å². The molecule has 2 aromatic rings. The molecule has 1 aromatic heterocycles. The molecule has 4 rings (SSSR count). The van der Waals surface area contributed by atoms with Gasteiger partial charge in [-0.2, -0.15) is 0 Å². The maximum atomic E-state index is 12.5. The van der Waals surface area contributed by atoms with Crippen LogP contribution in [0.25, 0.3) is 0 Å². The Morgan fingerprint density at radius 2 is 1.90 bits per heavy atom. The van der Waals surface area contributed by atoms with Crippen molar-refractivity contribution in [3.05, 3.63) is 42.1 Å². The second kappa shape index (κ2) is 9.13. The molecule has 8 nitrogen and oxygen atoms in total. The minimum absolute atomic E-state index is 0.0216. The standard InChI is InChI=1S/C22H26N4O4/c1-15-4-8-23-20(12-15)25-22(28)16-5-9-26(10-6-16)11-7-21(27)24-17-2-3-18-19(13-17)30-14-29-18/h2-4,8,12-13,16H,5-7,9-11,14H2,1H3,(H,24,27)(H,23,25,28). The van der Waals surface area contributed by atoms with E-state index in [9.17, 15) is 9.59 Å². The van der Waals surface area contributed by atoms with Crippen LogP contribution in [0, 0.1) is 12.8 Å². The quantitative estimate of drug-likeness (QED) is 0.761. The third-order valence-corrected chi connectivity index (χ3v) is 5.44. The van der Waals surface area contributed by atoms with Crippen molar-refractivity contribution in [2.45, 2.75) is 26.2 Å². The molecule has 2 amide bonds. The minimum Gasteiger partial charge on any atom is -0.454 e. The zero-order chi connectivity index (χ0) is 20.9. The van der Waals surface area contributed by atoms with Crippen molar-refractivity contribution in [1.82, 2.24) is 9.88 Å². The molecule has 2 aliphatic heterocycles. The van der Waals surface area contributed by atoms with E-state index in [-0.39, 0.29) is 24.5 Å². The molecule has 8 heteroatoms. The second-order valence-electron chi connectivity index (χ2n) is 7.69. The number of hydrogen-bond acceptors (Lipinski definition) is 6. The third-order valence-electron chi connectivity index (χ3n) is 5.44. The highest BCUT2D eigenvalue weighted by Crippen LogP contribution is 2.34. The molecule has 2 aliphatic rings. The smallest absolute Gasteiger partial charge is 0.231 e. The number of aromatic nitrogens is 1. The first-order valence-corrected chi connectivity index (χ1v) is 10.2. The number of nitrogens with zero attached hydrogens (tertiary/aromatic N) is 2. The van der Waals surface area contributed by atoms with Crippen molar-refractivity contribution in [2.24, 2.45) is 5.92 Å². The van der Waals surface area contributed by atoms with Gasteiger partial charge in [0.1, 0.15) is 5.82 Å². The minimum atomic E-state index is -0.0424. The topological polar surface area (TPSA) is 92.8 Å². The number of rotatable bonds is 6. The fourth-order valence-electron chi connectivity index (χ4n) is 3.71. The Morgan fingerprint density at radius 1 is 1.10 bits per heavy atom. The highest BCUT2D eigenvalue weighted by molar-refractivity contribution is 5.92. The number of hydrogen-bond donors (Lipinski definition) is 2. The number of pyridine rings is 1. The molecule has 0 unspecified atom stereocenters. The molecule has 0 radical (unpaired) electrons. The molecule has 0 bridgehead atoms. The van der Waals surface area contributed by atoms with Gasteiger partial charge in [0.05, 0.1) is 0 Å². The van der Waals surface area contributed by atoms with E-state index in [1.165, 1.54) is 0 Å². The number of benzene rings is 1. The summed E-state index contributed by atoms with van der Waals surface area (Å²) in [5.74, 6) is 1.90. The summed E-state index contributed by atoms with van der Waals surface area (Å²) in [7, 11) is 0. The van der Waals surface area contributed by atoms with Crippen molar-refractivity contribution >= 4 is 23.3 Å². The SMILES string of the molecule is Cc1ccnc(NC(=O)C2CCN(CCC(=O)Nc3ccc4c(c3)OCO4)CC2)c1. The molecule has 0 spiro atoms. The maximum absolute atomic E-state index is 12.5. The summed E-state index contributed by atoms with van der Waals surface area (Å²) in [4.78, 5) is 31.2. The van der Waals surface area contributed by atoms with Gasteiger partial charge >= 0.3 is 0 Å². The molecule has 0 aliphatic carbocycles. The van der Waals surface area contributed by atoms with Crippen LogP contribution < -0.4 is 20.1 Å². The zero-order valence-corrected chi connectivity index (χ0v) is 17.0. The van der Waals surface area contributed by atoms with E-state index in [1.807, 2.05) is 19.1 Å². The predicted molar refractivity (Wildman–Crippen MR) is 113 cm³/mol. The number of amides is 2. The van der Waals surface area contributed by atoms with E-state index < -0.39 is 0 Å². The summed E-state index contributed by atoms with van der Waals surface area (Å²) in [5.41, 5.74) is 1.76. The third kappa shape index (κ3) is 5.07. The Balaban J connectivity index is 1.18. The summed E-state index contributed by atoms with van der Waals surface area (Å²) in [5, 5.41) is 5.81. The largest absolute Gasteiger partial charge is 0.454 e. The lowest BCUT2D eigenvalue weighted by atomic mass is 9.96. The fourth-order valence-corrected chi connectivity index (χ4v) is 3.71. The average molecular weight is 410 g/mol. The summed E-state index contributed by atoms with van der Waals surface area (Å²) in [6.07, 6.45) is 3.66. The number of carbonyl (C=O) groups excluding carboxylic acids is 2. The summed E-state index contributed by atoms with van der Waals surface area (Å²) in [6, 6.07) is 9.13. The molecule has 2 N–H and O–H groups in total. The number of nitrogens with one attached hydrogen (secondary N) is 2. The van der Waals surface area contributed by atoms with E-state index in [0.29, 0.717) is 36.0 Å². The van der Waals surface area contributed by atoms with E-state index in [0.717, 1.165) is 31.5 Å². The van der Waals surface area contributed by atoms with Crippen LogP contribution in [0.15, 0.2) is 36.5 Å². The number of fused-ring (bicyclic) bond motifs is 1. The van der Waals surface area contributed by atoms with Crippen LogP contribution in [0.3, 0.4) is 0 Å². The summed E-state index contributed by atoms with van der Waals surface area (Å²) < 4.78 is 10.6. The number of carbonyl (C=O) groups is 2. The average Bonchev–Trinajstić information content (AvgIpc) is 3.20. The van der Waals surface area contributed by atoms with Crippen molar-refractivity contribution in [3.63, 3.8) is 0 Å². The lowest BCUT2D eigenvalue weighted by Crippen LogP contribution is -2.39. The highest BCUT2D eigenvalue weighted by atomic mass is 16.7. The Bertz CT molecular complexity index is 925. The van der Waals surface area contributed by atoms with Crippen LogP contribution in [0.2, 0.25) is 0 Å². The Kier molecular flexibility index (Phi) is 6.13. The van der Waals surface area contributed by atoms with E-state index in [4.69, 9.17) is 9.47 Å². The van der Waals surface area contributed by atoms with E-state index >= 15 is 0 Å². The number of anilines is 2. The van der Waals surface area contributed by atoms with Gasteiger partial charge in [-0.05, 0) is 62.7 Å². The van der Waals surface area contributed by atoms with Crippen LogP contribution in [-0.4, -0.2) is 48.1 Å². The maximum Gasteiger partial charge on any atom is 0.231 e. The van der Waals surface area contributed by atoms with Crippen LogP contribution in [0.5, 0.6) is 11.5 Å². The normalized spacial score (nSPS) is 16.3. The first kappa shape index (κ1) is 20.2.